The van der Waals surface area contributed by atoms with Gasteiger partial charge in [0.2, 0.25) is 0 Å². The highest BCUT2D eigenvalue weighted by Gasteiger charge is 2.42. The third kappa shape index (κ3) is 1.98. The molecule has 4 heteroatoms. The molecule has 2 rings (SSSR count). The van der Waals surface area contributed by atoms with E-state index in [1.165, 1.54) is 6.07 Å². The molecular weight excluding hydrogens is 232 g/mol. The van der Waals surface area contributed by atoms with Gasteiger partial charge in [-0.2, -0.15) is 0 Å². The number of carboxylic acids is 1. The van der Waals surface area contributed by atoms with E-state index >= 15 is 0 Å². The van der Waals surface area contributed by atoms with Crippen LogP contribution >= 0.6 is 0 Å². The number of ketones is 1. The zero-order chi connectivity index (χ0) is 13.3. The van der Waals surface area contributed by atoms with E-state index in [1.54, 1.807) is 12.1 Å². The Morgan fingerprint density at radius 3 is 2.78 bits per heavy atom. The highest BCUT2D eigenvalue weighted by atomic mass is 16.4. The van der Waals surface area contributed by atoms with Crippen molar-refractivity contribution in [3.63, 3.8) is 0 Å². The maximum atomic E-state index is 12.5. The lowest BCUT2D eigenvalue weighted by Gasteiger charge is -2.34. The minimum atomic E-state index is -0.938. The van der Waals surface area contributed by atoms with Crippen LogP contribution in [0.2, 0.25) is 0 Å². The predicted molar refractivity (Wildman–Crippen MR) is 65.7 cm³/mol. The summed E-state index contributed by atoms with van der Waals surface area (Å²) in [6, 6.07) is 4.66. The number of carbonyl (C=O) groups excluding carboxylic acids is 1. The lowest BCUT2D eigenvalue weighted by molar-refractivity contribution is -0.139. The number of benzene rings is 1. The van der Waals surface area contributed by atoms with Crippen molar-refractivity contribution < 1.29 is 19.8 Å². The molecule has 0 fully saturated rings. The molecule has 1 aliphatic carbocycles. The number of phenols is 1. The number of aliphatic carboxylic acids is 1. The molecule has 0 saturated carbocycles. The number of phenolic OH excluding ortho intramolecular Hbond substituents is 1. The van der Waals surface area contributed by atoms with Crippen LogP contribution in [0, 0.1) is 5.41 Å². The number of aromatic hydroxyl groups is 1. The first-order valence-corrected chi connectivity index (χ1v) is 6.07. The van der Waals surface area contributed by atoms with E-state index in [1.807, 2.05) is 6.92 Å². The van der Waals surface area contributed by atoms with Crippen molar-refractivity contribution in [2.24, 2.45) is 5.41 Å². The third-order valence-electron chi connectivity index (χ3n) is 3.85. The van der Waals surface area contributed by atoms with Gasteiger partial charge < -0.3 is 10.2 Å². The van der Waals surface area contributed by atoms with Crippen molar-refractivity contribution in [3.8, 4) is 5.75 Å². The fraction of sp³-hybridized carbons (Fsp3) is 0.429. The van der Waals surface area contributed by atoms with E-state index in [2.05, 4.69) is 0 Å². The fourth-order valence-electron chi connectivity index (χ4n) is 2.70. The third-order valence-corrected chi connectivity index (χ3v) is 3.85. The Morgan fingerprint density at radius 2 is 2.17 bits per heavy atom. The molecule has 0 amide bonds. The summed E-state index contributed by atoms with van der Waals surface area (Å²) in [4.78, 5) is 23.4. The van der Waals surface area contributed by atoms with Crippen LogP contribution in [-0.4, -0.2) is 22.0 Å². The minimum Gasteiger partial charge on any atom is -0.508 e. The van der Waals surface area contributed by atoms with Gasteiger partial charge in [0.25, 0.3) is 0 Å². The van der Waals surface area contributed by atoms with Crippen LogP contribution in [-0.2, 0) is 11.2 Å². The van der Waals surface area contributed by atoms with Gasteiger partial charge in [0.15, 0.2) is 5.78 Å². The summed E-state index contributed by atoms with van der Waals surface area (Å²) in [6.07, 6.45) is 1.57. The number of aryl methyl sites for hydroxylation is 1. The van der Waals surface area contributed by atoms with Crippen molar-refractivity contribution in [2.45, 2.75) is 32.6 Å². The SMILES string of the molecule is CCC1(CC(=O)O)CCc2cc(O)ccc2C1=O. The Balaban J connectivity index is 2.43. The van der Waals surface area contributed by atoms with Crippen LogP contribution in [0.15, 0.2) is 18.2 Å². The van der Waals surface area contributed by atoms with E-state index in [9.17, 15) is 14.7 Å². The van der Waals surface area contributed by atoms with Crippen molar-refractivity contribution in [3.05, 3.63) is 29.3 Å². The highest BCUT2D eigenvalue weighted by Crippen LogP contribution is 2.41. The number of fused-ring (bicyclic) bond motifs is 1. The first-order chi connectivity index (χ1) is 8.48. The quantitative estimate of drug-likeness (QED) is 0.861. The van der Waals surface area contributed by atoms with Gasteiger partial charge in [0.05, 0.1) is 6.42 Å². The molecule has 4 nitrogen and oxygen atoms in total. The molecule has 1 aromatic rings. The Morgan fingerprint density at radius 1 is 1.44 bits per heavy atom. The fourth-order valence-corrected chi connectivity index (χ4v) is 2.70. The van der Waals surface area contributed by atoms with E-state index in [0.29, 0.717) is 24.8 Å². The standard InChI is InChI=1S/C14H16O4/c1-2-14(8-12(16)17)6-5-9-7-10(15)3-4-11(9)13(14)18/h3-4,7,15H,2,5-6,8H2,1H3,(H,16,17). The summed E-state index contributed by atoms with van der Waals surface area (Å²) in [7, 11) is 0. The normalized spacial score (nSPS) is 22.6. The molecule has 2 N–H and O–H groups in total. The number of hydrogen-bond donors (Lipinski definition) is 2. The van der Waals surface area contributed by atoms with Crippen LogP contribution in [0.25, 0.3) is 0 Å². The summed E-state index contributed by atoms with van der Waals surface area (Å²) < 4.78 is 0. The Bertz CT molecular complexity index is 507. The van der Waals surface area contributed by atoms with Gasteiger partial charge in [-0.15, -0.1) is 0 Å². The average molecular weight is 248 g/mol. The maximum absolute atomic E-state index is 12.5. The molecule has 1 atom stereocenters. The van der Waals surface area contributed by atoms with Crippen LogP contribution in [0.3, 0.4) is 0 Å². The molecule has 1 aromatic carbocycles. The summed E-state index contributed by atoms with van der Waals surface area (Å²) in [5.41, 5.74) is 0.590. The van der Waals surface area contributed by atoms with Gasteiger partial charge in [-0.1, -0.05) is 6.92 Å². The lowest BCUT2D eigenvalue weighted by Crippen LogP contribution is -2.37. The van der Waals surface area contributed by atoms with Gasteiger partial charge in [-0.3, -0.25) is 9.59 Å². The first-order valence-electron chi connectivity index (χ1n) is 6.07. The van der Waals surface area contributed by atoms with E-state index in [0.717, 1.165) is 5.56 Å². The number of Topliss-reactive ketones (excluding diaryl/α,β-unsaturated/α-hetero) is 1. The zero-order valence-corrected chi connectivity index (χ0v) is 10.3. The van der Waals surface area contributed by atoms with Crippen LogP contribution in [0.1, 0.15) is 42.1 Å². The molecule has 0 aromatic heterocycles. The first kappa shape index (κ1) is 12.6. The number of carboxylic acid groups (broad SMARTS) is 1. The Labute approximate surface area is 105 Å². The van der Waals surface area contributed by atoms with E-state index < -0.39 is 11.4 Å². The summed E-state index contributed by atoms with van der Waals surface area (Å²) in [6.45, 7) is 1.85. The predicted octanol–water partition coefficient (Wildman–Crippen LogP) is 2.39. The molecule has 96 valence electrons. The van der Waals surface area contributed by atoms with Crippen LogP contribution in [0.5, 0.6) is 5.75 Å². The average Bonchev–Trinajstić information content (AvgIpc) is 2.32. The maximum Gasteiger partial charge on any atom is 0.304 e. The molecule has 1 aliphatic rings. The summed E-state index contributed by atoms with van der Waals surface area (Å²) in [5.74, 6) is -0.898. The monoisotopic (exact) mass is 248 g/mol. The topological polar surface area (TPSA) is 74.6 Å². The minimum absolute atomic E-state index is 0.103. The van der Waals surface area contributed by atoms with Gasteiger partial charge in [0.1, 0.15) is 5.75 Å². The molecular formula is C14H16O4. The summed E-state index contributed by atoms with van der Waals surface area (Å²) >= 11 is 0. The second-order valence-corrected chi connectivity index (χ2v) is 4.87. The number of hydrogen-bond acceptors (Lipinski definition) is 3. The lowest BCUT2D eigenvalue weighted by atomic mass is 9.67. The molecule has 0 aliphatic heterocycles. The second-order valence-electron chi connectivity index (χ2n) is 4.87. The molecule has 18 heavy (non-hydrogen) atoms. The van der Waals surface area contributed by atoms with Crippen molar-refractivity contribution in [1.82, 2.24) is 0 Å². The van der Waals surface area contributed by atoms with Crippen molar-refractivity contribution in [2.75, 3.05) is 0 Å². The second kappa shape index (κ2) is 4.44. The van der Waals surface area contributed by atoms with Gasteiger partial charge in [-0.05, 0) is 43.0 Å². The van der Waals surface area contributed by atoms with Crippen molar-refractivity contribution in [1.29, 1.82) is 0 Å². The van der Waals surface area contributed by atoms with Crippen LogP contribution < -0.4 is 0 Å². The smallest absolute Gasteiger partial charge is 0.304 e. The van der Waals surface area contributed by atoms with Gasteiger partial charge in [0, 0.05) is 11.0 Å². The molecule has 0 spiro atoms. The largest absolute Gasteiger partial charge is 0.508 e. The van der Waals surface area contributed by atoms with E-state index in [-0.39, 0.29) is 18.0 Å². The highest BCUT2D eigenvalue weighted by molar-refractivity contribution is 6.04. The van der Waals surface area contributed by atoms with Crippen LogP contribution in [0.4, 0.5) is 0 Å². The molecule has 0 bridgehead atoms. The Hall–Kier alpha value is -1.84. The Kier molecular flexibility index (Phi) is 3.11. The number of carbonyl (C=O) groups is 2. The van der Waals surface area contributed by atoms with Crippen molar-refractivity contribution >= 4 is 11.8 Å². The molecule has 0 heterocycles. The molecule has 0 saturated heterocycles. The number of rotatable bonds is 3. The van der Waals surface area contributed by atoms with E-state index in [4.69, 9.17) is 5.11 Å². The molecule has 0 radical (unpaired) electrons. The van der Waals surface area contributed by atoms with Gasteiger partial charge in [-0.25, -0.2) is 0 Å². The summed E-state index contributed by atoms with van der Waals surface area (Å²) in [5, 5.41) is 18.4. The van der Waals surface area contributed by atoms with Gasteiger partial charge >= 0.3 is 5.97 Å². The molecule has 1 unspecified atom stereocenters. The zero-order valence-electron chi connectivity index (χ0n) is 10.3.